The van der Waals surface area contributed by atoms with Crippen LogP contribution in [0.25, 0.3) is 0 Å². The predicted octanol–water partition coefficient (Wildman–Crippen LogP) is 6.82. The largest absolute Gasteiger partial charge is 0.496 e. The van der Waals surface area contributed by atoms with Crippen LogP contribution >= 0.6 is 21.6 Å². The van der Waals surface area contributed by atoms with Crippen molar-refractivity contribution in [2.24, 2.45) is 11.8 Å². The van der Waals surface area contributed by atoms with Crippen LogP contribution in [0.5, 0.6) is 5.75 Å². The van der Waals surface area contributed by atoms with Gasteiger partial charge in [-0.1, -0.05) is 68.8 Å². The van der Waals surface area contributed by atoms with Gasteiger partial charge in [-0.2, -0.15) is 0 Å². The van der Waals surface area contributed by atoms with Crippen LogP contribution < -0.4 is 15.4 Å². The number of ether oxygens (including phenoxy) is 4. The van der Waals surface area contributed by atoms with Gasteiger partial charge in [0.1, 0.15) is 23.0 Å². The van der Waals surface area contributed by atoms with Gasteiger partial charge in [0.05, 0.1) is 12.7 Å². The Hall–Kier alpha value is -3.22. The molecule has 2 aromatic carbocycles. The molecule has 2 N–H and O–H groups in total. The molecular formula is C36H52N2O8S2. The summed E-state index contributed by atoms with van der Waals surface area (Å²) in [7, 11) is 5.16. The van der Waals surface area contributed by atoms with Gasteiger partial charge in [-0.3, -0.25) is 9.59 Å². The minimum Gasteiger partial charge on any atom is -0.496 e. The Bertz CT molecular complexity index is 1400. The number of hydrogen-bond donors (Lipinski definition) is 2. The first-order valence-corrected chi connectivity index (χ1v) is 18.1. The number of para-hydroxylation sites is 1. The highest BCUT2D eigenvalue weighted by atomic mass is 33.1. The molecule has 2 aromatic rings. The summed E-state index contributed by atoms with van der Waals surface area (Å²) in [6.07, 6.45) is 0.194. The van der Waals surface area contributed by atoms with Gasteiger partial charge in [0.15, 0.2) is 4.93 Å². The lowest BCUT2D eigenvalue weighted by Crippen LogP contribution is -2.77. The Morgan fingerprint density at radius 1 is 0.792 bits per heavy atom. The molecule has 0 fully saturated rings. The van der Waals surface area contributed by atoms with Crippen LogP contribution in [0.4, 0.5) is 0 Å². The maximum Gasteiger partial charge on any atom is 0.346 e. The Balaban J connectivity index is 2.96. The zero-order valence-electron chi connectivity index (χ0n) is 30.2. The zero-order valence-corrected chi connectivity index (χ0v) is 31.9. The normalized spacial score (nSPS) is 15.1. The summed E-state index contributed by atoms with van der Waals surface area (Å²) >= 11 is 0. The molecule has 0 spiro atoms. The Morgan fingerprint density at radius 2 is 1.35 bits per heavy atom. The molecule has 0 aliphatic carbocycles. The van der Waals surface area contributed by atoms with Crippen LogP contribution in [-0.4, -0.2) is 65.7 Å². The average Bonchev–Trinajstić information content (AvgIpc) is 2.98. The van der Waals surface area contributed by atoms with E-state index in [1.54, 1.807) is 73.6 Å². The molecule has 0 aliphatic rings. The molecule has 0 saturated carbocycles. The molecule has 2 rings (SSSR count). The third kappa shape index (κ3) is 10.4. The van der Waals surface area contributed by atoms with E-state index in [0.717, 1.165) is 15.7 Å². The minimum absolute atomic E-state index is 0.0535. The van der Waals surface area contributed by atoms with E-state index in [1.807, 2.05) is 44.2 Å². The number of amides is 2. The first-order valence-electron chi connectivity index (χ1n) is 15.9. The predicted molar refractivity (Wildman–Crippen MR) is 191 cm³/mol. The lowest BCUT2D eigenvalue weighted by atomic mass is 9.82. The fourth-order valence-corrected chi connectivity index (χ4v) is 8.19. The molecule has 0 bridgehead atoms. The zero-order chi connectivity index (χ0) is 36.5. The molecular weight excluding hydrogens is 653 g/mol. The smallest absolute Gasteiger partial charge is 0.346 e. The van der Waals surface area contributed by atoms with E-state index >= 15 is 4.79 Å². The number of esters is 2. The van der Waals surface area contributed by atoms with Crippen molar-refractivity contribution in [1.82, 2.24) is 10.6 Å². The third-order valence-corrected chi connectivity index (χ3v) is 10.3. The number of benzene rings is 2. The molecule has 2 amide bonds. The Labute approximate surface area is 293 Å². The average molecular weight is 705 g/mol. The number of rotatable bonds is 15. The van der Waals surface area contributed by atoms with Gasteiger partial charge in [-0.15, -0.1) is 0 Å². The number of carbonyl (C=O) groups is 4. The monoisotopic (exact) mass is 704 g/mol. The number of hydrogen-bond acceptors (Lipinski definition) is 10. The lowest BCUT2D eigenvalue weighted by molar-refractivity contribution is -0.179. The number of nitrogens with one attached hydrogen (secondary N) is 2. The second kappa shape index (κ2) is 16.9. The van der Waals surface area contributed by atoms with E-state index in [0.29, 0.717) is 0 Å². The van der Waals surface area contributed by atoms with Crippen molar-refractivity contribution in [2.45, 2.75) is 108 Å². The molecule has 3 unspecified atom stereocenters. The molecule has 10 nitrogen and oxygen atoms in total. The van der Waals surface area contributed by atoms with Gasteiger partial charge in [0.25, 0.3) is 17.4 Å². The molecule has 266 valence electrons. The number of methoxy groups -OCH3 is 2. The van der Waals surface area contributed by atoms with Crippen molar-refractivity contribution in [3.05, 3.63) is 60.2 Å². The van der Waals surface area contributed by atoms with Crippen molar-refractivity contribution < 1.29 is 38.1 Å². The maximum atomic E-state index is 15.1. The quantitative estimate of drug-likeness (QED) is 0.0882. The Kier molecular flexibility index (Phi) is 14.5. The van der Waals surface area contributed by atoms with E-state index in [4.69, 9.17) is 18.9 Å². The molecule has 0 heterocycles. The second-order valence-corrected chi connectivity index (χ2v) is 16.5. The fourth-order valence-electron chi connectivity index (χ4n) is 4.94. The highest BCUT2D eigenvalue weighted by molar-refractivity contribution is 8.77. The molecule has 0 radical (unpaired) electrons. The van der Waals surface area contributed by atoms with Gasteiger partial charge in [-0.05, 0) is 94.9 Å². The van der Waals surface area contributed by atoms with Gasteiger partial charge in [-0.25, -0.2) is 9.59 Å². The summed E-state index contributed by atoms with van der Waals surface area (Å²) in [6, 6.07) is 14.6. The molecule has 0 aliphatic heterocycles. The first kappa shape index (κ1) is 41.0. The maximum absolute atomic E-state index is 15.1. The fraction of sp³-hybridized carbons (Fsp3) is 0.556. The summed E-state index contributed by atoms with van der Waals surface area (Å²) in [6.45, 7) is 17.5. The molecule has 12 heteroatoms. The minimum atomic E-state index is -2.56. The van der Waals surface area contributed by atoms with Crippen LogP contribution in [0, 0.1) is 11.8 Å². The van der Waals surface area contributed by atoms with E-state index in [9.17, 15) is 14.4 Å². The van der Waals surface area contributed by atoms with Crippen molar-refractivity contribution in [1.29, 1.82) is 0 Å². The van der Waals surface area contributed by atoms with Crippen LogP contribution in [0.3, 0.4) is 0 Å². The van der Waals surface area contributed by atoms with E-state index in [1.165, 1.54) is 31.1 Å². The van der Waals surface area contributed by atoms with Gasteiger partial charge < -0.3 is 29.6 Å². The highest BCUT2D eigenvalue weighted by Gasteiger charge is 2.68. The Morgan fingerprint density at radius 3 is 1.85 bits per heavy atom. The van der Waals surface area contributed by atoms with Crippen LogP contribution in [0.15, 0.2) is 59.5 Å². The van der Waals surface area contributed by atoms with Crippen molar-refractivity contribution in [3.8, 4) is 5.75 Å². The summed E-state index contributed by atoms with van der Waals surface area (Å²) in [5, 5.41) is 5.58. The summed E-state index contributed by atoms with van der Waals surface area (Å²) in [4.78, 5) is 56.8. The summed E-state index contributed by atoms with van der Waals surface area (Å²) in [5.41, 5.74) is -4.44. The molecule has 48 heavy (non-hydrogen) atoms. The van der Waals surface area contributed by atoms with Gasteiger partial charge >= 0.3 is 11.9 Å². The standard InChI is InChI=1S/C36H52N2O8S2/c1-23(2)22-27(30(40)45-33(5,6)7)37-31(41)35(32(42)46-34(8,9)10,38-29(39)26-20-16-17-21-28(26)43-11)36(44-12,24(3)4)48-47-25-18-14-13-15-19-25/h13-21,23-24,27H,22H2,1-12H3,(H,37,41)(H,38,39). The molecule has 0 aromatic heterocycles. The van der Waals surface area contributed by atoms with E-state index < -0.39 is 57.4 Å². The highest BCUT2D eigenvalue weighted by Crippen LogP contribution is 2.52. The van der Waals surface area contributed by atoms with Crippen molar-refractivity contribution in [2.75, 3.05) is 14.2 Å². The van der Waals surface area contributed by atoms with E-state index in [-0.39, 0.29) is 23.7 Å². The summed E-state index contributed by atoms with van der Waals surface area (Å²) in [5.74, 6) is -3.98. The summed E-state index contributed by atoms with van der Waals surface area (Å²) < 4.78 is 23.4. The third-order valence-electron chi connectivity index (χ3n) is 6.99. The van der Waals surface area contributed by atoms with Crippen molar-refractivity contribution in [3.63, 3.8) is 0 Å². The lowest BCUT2D eigenvalue weighted by Gasteiger charge is -2.48. The van der Waals surface area contributed by atoms with Crippen LogP contribution in [0.2, 0.25) is 0 Å². The molecule has 3 atom stereocenters. The topological polar surface area (TPSA) is 129 Å². The van der Waals surface area contributed by atoms with Gasteiger partial charge in [0.2, 0.25) is 0 Å². The molecule has 0 saturated heterocycles. The first-order chi connectivity index (χ1) is 22.2. The van der Waals surface area contributed by atoms with Crippen LogP contribution in [-0.2, 0) is 28.6 Å². The number of carbonyl (C=O) groups excluding carboxylic acids is 4. The SMILES string of the molecule is COc1ccccc1C(=O)NC(C(=O)NC(CC(C)C)C(=O)OC(C)(C)C)(C(=O)OC(C)(C)C)C(OC)(SSc1ccccc1)C(C)C. The van der Waals surface area contributed by atoms with Gasteiger partial charge in [0, 0.05) is 12.0 Å². The second-order valence-electron chi connectivity index (χ2n) is 14.1. The van der Waals surface area contributed by atoms with E-state index in [2.05, 4.69) is 10.6 Å². The van der Waals surface area contributed by atoms with Crippen molar-refractivity contribution >= 4 is 45.3 Å². The van der Waals surface area contributed by atoms with Crippen LogP contribution in [0.1, 0.15) is 86.0 Å².